The lowest BCUT2D eigenvalue weighted by atomic mass is 10.2. The molecule has 0 unspecified atom stereocenters. The highest BCUT2D eigenvalue weighted by molar-refractivity contribution is 7.56. The van der Waals surface area contributed by atoms with E-state index in [0.29, 0.717) is 13.2 Å². The molecule has 82 valence electrons. The monoisotopic (exact) mass is 236 g/mol. The summed E-state index contributed by atoms with van der Waals surface area (Å²) in [4.78, 5) is 0. The van der Waals surface area contributed by atoms with Gasteiger partial charge in [-0.25, -0.2) is 0 Å². The molecule has 1 aromatic rings. The number of alkyl halides is 3. The van der Waals surface area contributed by atoms with Crippen molar-refractivity contribution < 1.29 is 22.2 Å². The van der Waals surface area contributed by atoms with Gasteiger partial charge in [0, 0.05) is 5.30 Å². The molecule has 2 nitrogen and oxygen atoms in total. The minimum absolute atomic E-state index is 0.109. The Morgan fingerprint density at radius 1 is 1.07 bits per heavy atom. The van der Waals surface area contributed by atoms with Gasteiger partial charge in [-0.15, -0.1) is 0 Å². The molecular formula is C9H8F3O2P. The van der Waals surface area contributed by atoms with Crippen molar-refractivity contribution in [2.45, 2.75) is 6.18 Å². The van der Waals surface area contributed by atoms with Gasteiger partial charge in [-0.1, -0.05) is 12.1 Å². The third kappa shape index (κ3) is 2.30. The van der Waals surface area contributed by atoms with Crippen LogP contribution in [0.4, 0.5) is 13.2 Å². The minimum atomic E-state index is -4.35. The number of halogens is 3. The molecule has 1 aromatic carbocycles. The third-order valence-corrected chi connectivity index (χ3v) is 3.52. The lowest BCUT2D eigenvalue weighted by molar-refractivity contribution is -0.136. The Labute approximate surface area is 85.9 Å². The summed E-state index contributed by atoms with van der Waals surface area (Å²) in [5, 5.41) is 0.109. The summed E-state index contributed by atoms with van der Waals surface area (Å²) >= 11 is 0. The topological polar surface area (TPSA) is 18.5 Å². The minimum Gasteiger partial charge on any atom is -0.328 e. The first-order valence-corrected chi connectivity index (χ1v) is 5.49. The zero-order chi connectivity index (χ0) is 10.9. The predicted octanol–water partition coefficient (Wildman–Crippen LogP) is 2.69. The van der Waals surface area contributed by atoms with Crippen molar-refractivity contribution in [1.82, 2.24) is 0 Å². The van der Waals surface area contributed by atoms with Crippen LogP contribution in [-0.4, -0.2) is 13.2 Å². The SMILES string of the molecule is FC(F)(F)c1ccccc1P1OCCO1. The van der Waals surface area contributed by atoms with E-state index in [0.717, 1.165) is 6.07 Å². The molecular weight excluding hydrogens is 228 g/mol. The molecule has 1 saturated heterocycles. The average molecular weight is 236 g/mol. The van der Waals surface area contributed by atoms with Gasteiger partial charge in [-0.05, 0) is 12.1 Å². The van der Waals surface area contributed by atoms with Gasteiger partial charge in [0.25, 0.3) is 0 Å². The van der Waals surface area contributed by atoms with Crippen molar-refractivity contribution in [3.8, 4) is 0 Å². The summed E-state index contributed by atoms with van der Waals surface area (Å²) in [5.74, 6) is 0. The zero-order valence-corrected chi connectivity index (χ0v) is 8.52. The van der Waals surface area contributed by atoms with E-state index >= 15 is 0 Å². The van der Waals surface area contributed by atoms with E-state index < -0.39 is 20.1 Å². The maximum atomic E-state index is 12.6. The van der Waals surface area contributed by atoms with Gasteiger partial charge in [0.15, 0.2) is 0 Å². The van der Waals surface area contributed by atoms with Crippen molar-refractivity contribution in [2.75, 3.05) is 13.2 Å². The van der Waals surface area contributed by atoms with Crippen LogP contribution >= 0.6 is 8.38 Å². The Kier molecular flexibility index (Phi) is 2.96. The summed E-state index contributed by atoms with van der Waals surface area (Å²) in [6, 6.07) is 5.36. The van der Waals surface area contributed by atoms with Crippen molar-refractivity contribution in [3.63, 3.8) is 0 Å². The third-order valence-electron chi connectivity index (χ3n) is 1.91. The Bertz CT molecular complexity index is 347. The first kappa shape index (κ1) is 10.9. The summed E-state index contributed by atoms with van der Waals surface area (Å²) in [7, 11) is -1.55. The van der Waals surface area contributed by atoms with Gasteiger partial charge in [0.1, 0.15) is 0 Å². The van der Waals surface area contributed by atoms with E-state index in [4.69, 9.17) is 9.05 Å². The van der Waals surface area contributed by atoms with E-state index in [9.17, 15) is 13.2 Å². The van der Waals surface area contributed by atoms with Crippen LogP contribution in [-0.2, 0) is 15.2 Å². The maximum Gasteiger partial charge on any atom is 0.417 e. The Hall–Kier alpha value is -0.640. The molecule has 15 heavy (non-hydrogen) atoms. The molecule has 2 rings (SSSR count). The van der Waals surface area contributed by atoms with Crippen molar-refractivity contribution >= 4 is 13.7 Å². The Morgan fingerprint density at radius 3 is 2.27 bits per heavy atom. The van der Waals surface area contributed by atoms with Gasteiger partial charge in [-0.3, -0.25) is 0 Å². The van der Waals surface area contributed by atoms with Gasteiger partial charge < -0.3 is 9.05 Å². The van der Waals surface area contributed by atoms with Crippen LogP contribution in [0.25, 0.3) is 0 Å². The largest absolute Gasteiger partial charge is 0.417 e. The highest BCUT2D eigenvalue weighted by Crippen LogP contribution is 2.44. The molecule has 6 heteroatoms. The lowest BCUT2D eigenvalue weighted by Gasteiger charge is -2.15. The van der Waals surface area contributed by atoms with Gasteiger partial charge in [-0.2, -0.15) is 13.2 Å². The van der Waals surface area contributed by atoms with Crippen LogP contribution in [0.2, 0.25) is 0 Å². The number of rotatable bonds is 1. The Morgan fingerprint density at radius 2 is 1.67 bits per heavy atom. The van der Waals surface area contributed by atoms with E-state index in [-0.39, 0.29) is 5.30 Å². The first-order chi connectivity index (χ1) is 7.09. The highest BCUT2D eigenvalue weighted by atomic mass is 31.2. The molecule has 0 bridgehead atoms. The second-order valence-electron chi connectivity index (χ2n) is 2.94. The second-order valence-corrected chi connectivity index (χ2v) is 4.45. The standard InChI is InChI=1S/C9H8F3O2P/c10-9(11,12)7-3-1-2-4-8(7)15-13-5-6-14-15/h1-4H,5-6H2. The molecule has 1 aliphatic heterocycles. The predicted molar refractivity (Wildman–Crippen MR) is 49.9 cm³/mol. The average Bonchev–Trinajstić information content (AvgIpc) is 2.69. The van der Waals surface area contributed by atoms with Crippen LogP contribution in [0.1, 0.15) is 5.56 Å². The molecule has 0 spiro atoms. The second kappa shape index (κ2) is 4.08. The molecule has 0 aromatic heterocycles. The smallest absolute Gasteiger partial charge is 0.328 e. The normalized spacial score (nSPS) is 18.3. The first-order valence-electron chi connectivity index (χ1n) is 4.31. The number of hydrogen-bond donors (Lipinski definition) is 0. The number of hydrogen-bond acceptors (Lipinski definition) is 2. The summed E-state index contributed by atoms with van der Waals surface area (Å²) in [6.45, 7) is 0.718. The van der Waals surface area contributed by atoms with Gasteiger partial charge in [0.05, 0.1) is 18.8 Å². The Balaban J connectivity index is 2.37. The van der Waals surface area contributed by atoms with Gasteiger partial charge in [0.2, 0.25) is 8.38 Å². The quantitative estimate of drug-likeness (QED) is 0.698. The van der Waals surface area contributed by atoms with E-state index in [2.05, 4.69) is 0 Å². The number of benzene rings is 1. The molecule has 1 fully saturated rings. The van der Waals surface area contributed by atoms with E-state index in [1.807, 2.05) is 0 Å². The summed E-state index contributed by atoms with van der Waals surface area (Å²) < 4.78 is 48.0. The van der Waals surface area contributed by atoms with E-state index in [1.54, 1.807) is 6.07 Å². The van der Waals surface area contributed by atoms with Crippen LogP contribution in [0.5, 0.6) is 0 Å². The fourth-order valence-electron chi connectivity index (χ4n) is 1.29. The summed E-state index contributed by atoms with van der Waals surface area (Å²) in [5.41, 5.74) is -0.669. The van der Waals surface area contributed by atoms with Crippen LogP contribution < -0.4 is 5.30 Å². The van der Waals surface area contributed by atoms with Crippen molar-refractivity contribution in [1.29, 1.82) is 0 Å². The van der Waals surface area contributed by atoms with Gasteiger partial charge >= 0.3 is 6.18 Å². The molecule has 0 radical (unpaired) electrons. The molecule has 1 aliphatic rings. The molecule has 0 saturated carbocycles. The molecule has 0 amide bonds. The lowest BCUT2D eigenvalue weighted by Crippen LogP contribution is -2.18. The van der Waals surface area contributed by atoms with Crippen molar-refractivity contribution in [2.24, 2.45) is 0 Å². The van der Waals surface area contributed by atoms with Crippen LogP contribution in [0.15, 0.2) is 24.3 Å². The fraction of sp³-hybridized carbons (Fsp3) is 0.333. The highest BCUT2D eigenvalue weighted by Gasteiger charge is 2.36. The molecule has 0 aliphatic carbocycles. The van der Waals surface area contributed by atoms with Crippen LogP contribution in [0, 0.1) is 0 Å². The molecule has 1 heterocycles. The molecule has 0 N–H and O–H groups in total. The molecule has 0 atom stereocenters. The fourth-order valence-corrected chi connectivity index (χ4v) is 2.73. The maximum absolute atomic E-state index is 12.6. The zero-order valence-electron chi connectivity index (χ0n) is 7.62. The van der Waals surface area contributed by atoms with Crippen molar-refractivity contribution in [3.05, 3.63) is 29.8 Å². The van der Waals surface area contributed by atoms with Crippen LogP contribution in [0.3, 0.4) is 0 Å². The summed E-state index contributed by atoms with van der Waals surface area (Å²) in [6.07, 6.45) is -4.35. The van der Waals surface area contributed by atoms with E-state index in [1.165, 1.54) is 12.1 Å².